The number of hydrogen-bond acceptors (Lipinski definition) is 4. The van der Waals surface area contributed by atoms with E-state index in [1.54, 1.807) is 18.9 Å². The van der Waals surface area contributed by atoms with E-state index >= 15 is 0 Å². The van der Waals surface area contributed by atoms with E-state index in [-0.39, 0.29) is 11.6 Å². The summed E-state index contributed by atoms with van der Waals surface area (Å²) >= 11 is 0. The summed E-state index contributed by atoms with van der Waals surface area (Å²) in [5.74, 6) is 0. The van der Waals surface area contributed by atoms with Crippen LogP contribution in [0.3, 0.4) is 0 Å². The van der Waals surface area contributed by atoms with Gasteiger partial charge in [0.25, 0.3) is 0 Å². The standard InChI is InChI=1S/C17H34N4O2/c1-15(22)13-20(3)16(23)18-14-17(7-11-19(2)12-8-17)21-9-5-4-6-10-21/h15,22H,4-14H2,1-3H3,(H,18,23). The van der Waals surface area contributed by atoms with Crippen LogP contribution in [0.25, 0.3) is 0 Å². The summed E-state index contributed by atoms with van der Waals surface area (Å²) in [6.45, 7) is 7.28. The van der Waals surface area contributed by atoms with Crippen molar-refractivity contribution in [2.24, 2.45) is 0 Å². The molecule has 2 saturated heterocycles. The molecule has 1 unspecified atom stereocenters. The van der Waals surface area contributed by atoms with Gasteiger partial charge < -0.3 is 20.2 Å². The summed E-state index contributed by atoms with van der Waals surface area (Å²) in [5.41, 5.74) is 0.105. The van der Waals surface area contributed by atoms with Crippen LogP contribution in [0.2, 0.25) is 0 Å². The van der Waals surface area contributed by atoms with E-state index in [4.69, 9.17) is 0 Å². The van der Waals surface area contributed by atoms with Crippen LogP contribution in [0.1, 0.15) is 39.0 Å². The zero-order chi connectivity index (χ0) is 16.9. The number of aliphatic hydroxyl groups excluding tert-OH is 1. The molecule has 0 aliphatic carbocycles. The van der Waals surface area contributed by atoms with Crippen molar-refractivity contribution < 1.29 is 9.90 Å². The summed E-state index contributed by atoms with van der Waals surface area (Å²) in [6, 6.07) is -0.0822. The minimum atomic E-state index is -0.495. The van der Waals surface area contributed by atoms with E-state index < -0.39 is 6.10 Å². The Bertz CT molecular complexity index is 375. The maximum absolute atomic E-state index is 12.3. The number of carbonyl (C=O) groups excluding carboxylic acids is 1. The number of aliphatic hydroxyl groups is 1. The SMILES string of the molecule is CC(O)CN(C)C(=O)NCC1(N2CCCCC2)CCN(C)CC1. The van der Waals surface area contributed by atoms with Gasteiger partial charge in [0.2, 0.25) is 0 Å². The van der Waals surface area contributed by atoms with E-state index in [2.05, 4.69) is 22.2 Å². The number of likely N-dealkylation sites (N-methyl/N-ethyl adjacent to an activating group) is 1. The zero-order valence-corrected chi connectivity index (χ0v) is 15.1. The Morgan fingerprint density at radius 2 is 1.83 bits per heavy atom. The summed E-state index contributed by atoms with van der Waals surface area (Å²) < 4.78 is 0. The van der Waals surface area contributed by atoms with Crippen molar-refractivity contribution in [3.63, 3.8) is 0 Å². The molecule has 2 rings (SSSR count). The van der Waals surface area contributed by atoms with Gasteiger partial charge in [-0.2, -0.15) is 0 Å². The molecule has 2 aliphatic rings. The molecule has 1 atom stereocenters. The molecular weight excluding hydrogens is 292 g/mol. The van der Waals surface area contributed by atoms with Crippen molar-refractivity contribution in [3.8, 4) is 0 Å². The molecule has 23 heavy (non-hydrogen) atoms. The average molecular weight is 326 g/mol. The van der Waals surface area contributed by atoms with Gasteiger partial charge in [-0.1, -0.05) is 6.42 Å². The van der Waals surface area contributed by atoms with Crippen LogP contribution < -0.4 is 5.32 Å². The number of rotatable bonds is 5. The molecule has 0 aromatic carbocycles. The number of carbonyl (C=O) groups is 1. The van der Waals surface area contributed by atoms with Gasteiger partial charge >= 0.3 is 6.03 Å². The first-order chi connectivity index (χ1) is 10.9. The smallest absolute Gasteiger partial charge is 0.317 e. The van der Waals surface area contributed by atoms with Gasteiger partial charge in [-0.3, -0.25) is 4.90 Å². The van der Waals surface area contributed by atoms with Gasteiger partial charge in [0, 0.05) is 25.7 Å². The Hall–Kier alpha value is -0.850. The lowest BCUT2D eigenvalue weighted by molar-refractivity contribution is 0.0153. The highest BCUT2D eigenvalue weighted by atomic mass is 16.3. The number of amides is 2. The Morgan fingerprint density at radius 1 is 1.22 bits per heavy atom. The monoisotopic (exact) mass is 326 g/mol. The predicted octanol–water partition coefficient (Wildman–Crippen LogP) is 0.959. The molecule has 2 fully saturated rings. The van der Waals surface area contributed by atoms with Crippen molar-refractivity contribution in [1.82, 2.24) is 20.0 Å². The van der Waals surface area contributed by atoms with Crippen LogP contribution in [-0.2, 0) is 0 Å². The Morgan fingerprint density at radius 3 is 2.39 bits per heavy atom. The Kier molecular flexibility index (Phi) is 6.68. The van der Waals surface area contributed by atoms with Gasteiger partial charge in [-0.25, -0.2) is 4.79 Å². The highest BCUT2D eigenvalue weighted by Gasteiger charge is 2.39. The van der Waals surface area contributed by atoms with Crippen molar-refractivity contribution in [2.45, 2.75) is 50.7 Å². The molecule has 134 valence electrons. The third kappa shape index (κ3) is 5.06. The van der Waals surface area contributed by atoms with Gasteiger partial charge in [0.05, 0.1) is 6.10 Å². The molecule has 2 aliphatic heterocycles. The van der Waals surface area contributed by atoms with Gasteiger partial charge in [-0.15, -0.1) is 0 Å². The second-order valence-electron chi connectivity index (χ2n) is 7.46. The van der Waals surface area contributed by atoms with Crippen molar-refractivity contribution >= 4 is 6.03 Å². The quantitative estimate of drug-likeness (QED) is 0.790. The Balaban J connectivity index is 1.96. The van der Waals surface area contributed by atoms with Gasteiger partial charge in [0.1, 0.15) is 0 Å². The predicted molar refractivity (Wildman–Crippen MR) is 92.6 cm³/mol. The molecular formula is C17H34N4O2. The molecule has 0 spiro atoms. The lowest BCUT2D eigenvalue weighted by Crippen LogP contribution is -2.62. The molecule has 0 radical (unpaired) electrons. The molecule has 6 nitrogen and oxygen atoms in total. The van der Waals surface area contributed by atoms with Crippen LogP contribution in [0.15, 0.2) is 0 Å². The fraction of sp³-hybridized carbons (Fsp3) is 0.941. The van der Waals surface area contributed by atoms with Crippen LogP contribution in [-0.4, -0.2) is 90.8 Å². The van der Waals surface area contributed by atoms with E-state index in [1.807, 2.05) is 0 Å². The van der Waals surface area contributed by atoms with Crippen molar-refractivity contribution in [2.75, 3.05) is 53.4 Å². The second-order valence-corrected chi connectivity index (χ2v) is 7.46. The number of urea groups is 1. The van der Waals surface area contributed by atoms with Crippen LogP contribution in [0.4, 0.5) is 4.79 Å². The molecule has 0 aromatic heterocycles. The van der Waals surface area contributed by atoms with Gasteiger partial charge in [-0.05, 0) is 65.8 Å². The minimum absolute atomic E-state index is 0.0822. The normalized spacial score (nSPS) is 24.2. The fourth-order valence-electron chi connectivity index (χ4n) is 3.86. The third-order valence-corrected chi connectivity index (χ3v) is 5.40. The number of nitrogens with zero attached hydrogens (tertiary/aromatic N) is 3. The van der Waals surface area contributed by atoms with Gasteiger partial charge in [0.15, 0.2) is 0 Å². The maximum Gasteiger partial charge on any atom is 0.317 e. The van der Waals surface area contributed by atoms with E-state index in [0.29, 0.717) is 13.1 Å². The lowest BCUT2D eigenvalue weighted by Gasteiger charge is -2.50. The maximum atomic E-state index is 12.3. The Labute approximate surface area is 140 Å². The number of nitrogens with one attached hydrogen (secondary N) is 1. The molecule has 2 heterocycles. The highest BCUT2D eigenvalue weighted by Crippen LogP contribution is 2.30. The van der Waals surface area contributed by atoms with Crippen LogP contribution in [0.5, 0.6) is 0 Å². The topological polar surface area (TPSA) is 59.1 Å². The first kappa shape index (κ1) is 18.5. The van der Waals surface area contributed by atoms with E-state index in [1.165, 1.54) is 19.3 Å². The second kappa shape index (κ2) is 8.31. The number of likely N-dealkylation sites (tertiary alicyclic amines) is 2. The van der Waals surface area contributed by atoms with Crippen molar-refractivity contribution in [3.05, 3.63) is 0 Å². The third-order valence-electron chi connectivity index (χ3n) is 5.40. The molecule has 6 heteroatoms. The molecule has 0 bridgehead atoms. The summed E-state index contributed by atoms with van der Waals surface area (Å²) in [6.07, 6.45) is 5.61. The molecule has 0 saturated carbocycles. The summed E-state index contributed by atoms with van der Waals surface area (Å²) in [7, 11) is 3.92. The first-order valence-electron chi connectivity index (χ1n) is 9.03. The molecule has 2 N–H and O–H groups in total. The number of hydrogen-bond donors (Lipinski definition) is 2. The summed E-state index contributed by atoms with van der Waals surface area (Å²) in [5, 5.41) is 12.6. The molecule has 0 aromatic rings. The van der Waals surface area contributed by atoms with E-state index in [0.717, 1.165) is 39.0 Å². The van der Waals surface area contributed by atoms with Crippen LogP contribution >= 0.6 is 0 Å². The fourth-order valence-corrected chi connectivity index (χ4v) is 3.86. The minimum Gasteiger partial charge on any atom is -0.392 e. The zero-order valence-electron chi connectivity index (χ0n) is 15.1. The summed E-state index contributed by atoms with van der Waals surface area (Å²) in [4.78, 5) is 18.9. The first-order valence-corrected chi connectivity index (χ1v) is 9.03. The largest absolute Gasteiger partial charge is 0.392 e. The van der Waals surface area contributed by atoms with Crippen molar-refractivity contribution in [1.29, 1.82) is 0 Å². The lowest BCUT2D eigenvalue weighted by atomic mass is 9.84. The number of piperidine rings is 2. The highest BCUT2D eigenvalue weighted by molar-refractivity contribution is 5.74. The van der Waals surface area contributed by atoms with Crippen LogP contribution in [0, 0.1) is 0 Å². The molecule has 2 amide bonds. The van der Waals surface area contributed by atoms with E-state index in [9.17, 15) is 9.90 Å². The average Bonchev–Trinajstić information content (AvgIpc) is 2.54.